The molecule has 1 atom stereocenters. The molecule has 1 nitrogen and oxygen atoms in total. The van der Waals surface area contributed by atoms with Crippen LogP contribution in [0.3, 0.4) is 0 Å². The van der Waals surface area contributed by atoms with Crippen LogP contribution in [0.1, 0.15) is 30.0 Å². The average molecular weight is 233 g/mol. The molecule has 0 aliphatic carbocycles. The smallest absolute Gasteiger partial charge is 0.310 e. The van der Waals surface area contributed by atoms with Crippen molar-refractivity contribution in [1.29, 1.82) is 0 Å². The third-order valence-corrected chi connectivity index (χ3v) is 2.76. The van der Waals surface area contributed by atoms with E-state index in [2.05, 4.69) is 5.32 Å². The van der Waals surface area contributed by atoms with Crippen LogP contribution in [0.2, 0.25) is 0 Å². The first-order valence-corrected chi connectivity index (χ1v) is 5.08. The summed E-state index contributed by atoms with van der Waals surface area (Å²) in [6.45, 7) is 0.723. The summed E-state index contributed by atoms with van der Waals surface area (Å²) in [4.78, 5) is 0. The van der Waals surface area contributed by atoms with Crippen LogP contribution in [0.25, 0.3) is 0 Å². The zero-order valence-corrected chi connectivity index (χ0v) is 8.44. The first kappa shape index (κ1) is 11.4. The van der Waals surface area contributed by atoms with Crippen LogP contribution >= 0.6 is 0 Å². The van der Waals surface area contributed by atoms with Gasteiger partial charge in [-0.25, -0.2) is 4.39 Å². The summed E-state index contributed by atoms with van der Waals surface area (Å²) in [6.07, 6.45) is -2.88. The molecule has 1 aromatic rings. The van der Waals surface area contributed by atoms with E-state index >= 15 is 0 Å². The van der Waals surface area contributed by atoms with Gasteiger partial charge in [-0.15, -0.1) is 0 Å². The second-order valence-electron chi connectivity index (χ2n) is 3.88. The van der Waals surface area contributed by atoms with Crippen LogP contribution in [0.4, 0.5) is 17.6 Å². The van der Waals surface area contributed by atoms with Crippen molar-refractivity contribution in [2.75, 3.05) is 6.54 Å². The van der Waals surface area contributed by atoms with Gasteiger partial charge in [0.2, 0.25) is 0 Å². The molecule has 0 aromatic heterocycles. The molecule has 1 saturated heterocycles. The van der Waals surface area contributed by atoms with E-state index < -0.39 is 17.6 Å². The minimum Gasteiger partial charge on any atom is -0.310 e. The number of nitrogens with one attached hydrogen (secondary N) is 1. The van der Waals surface area contributed by atoms with E-state index in [1.807, 2.05) is 0 Å². The number of hydrogen-bond acceptors (Lipinski definition) is 1. The molecule has 1 aliphatic heterocycles. The second-order valence-corrected chi connectivity index (χ2v) is 3.88. The molecule has 1 fully saturated rings. The summed E-state index contributed by atoms with van der Waals surface area (Å²) in [7, 11) is 0. The maximum Gasteiger partial charge on any atom is 0.416 e. The molecule has 0 saturated carbocycles. The maximum absolute atomic E-state index is 13.4. The third-order valence-electron chi connectivity index (χ3n) is 2.76. The fraction of sp³-hybridized carbons (Fsp3) is 0.455. The summed E-state index contributed by atoms with van der Waals surface area (Å²) in [5.74, 6) is -0.576. The molecule has 5 heteroatoms. The van der Waals surface area contributed by atoms with Crippen molar-refractivity contribution in [3.8, 4) is 0 Å². The van der Waals surface area contributed by atoms with Gasteiger partial charge in [-0.2, -0.15) is 13.2 Å². The first-order chi connectivity index (χ1) is 7.48. The lowest BCUT2D eigenvalue weighted by Gasteiger charge is -2.14. The SMILES string of the molecule is Fc1ccc(C(F)(F)F)cc1[C@@H]1CCCN1. The minimum atomic E-state index is -4.42. The predicted octanol–water partition coefficient (Wildman–Crippen LogP) is 3.27. The van der Waals surface area contributed by atoms with Crippen LogP contribution in [-0.4, -0.2) is 6.54 Å². The molecule has 0 bridgehead atoms. The molecule has 88 valence electrons. The summed E-state index contributed by atoms with van der Waals surface area (Å²) < 4.78 is 50.7. The van der Waals surface area contributed by atoms with Gasteiger partial charge in [-0.1, -0.05) is 0 Å². The first-order valence-electron chi connectivity index (χ1n) is 5.08. The van der Waals surface area contributed by atoms with Crippen molar-refractivity contribution >= 4 is 0 Å². The predicted molar refractivity (Wildman–Crippen MR) is 51.4 cm³/mol. The van der Waals surface area contributed by atoms with E-state index in [9.17, 15) is 17.6 Å². The van der Waals surface area contributed by atoms with Crippen LogP contribution in [0.5, 0.6) is 0 Å². The van der Waals surface area contributed by atoms with E-state index in [0.717, 1.165) is 31.2 Å². The van der Waals surface area contributed by atoms with E-state index in [4.69, 9.17) is 0 Å². The molecule has 1 aliphatic rings. The normalized spacial score (nSPS) is 21.4. The van der Waals surface area contributed by atoms with Crippen LogP contribution in [-0.2, 0) is 6.18 Å². The monoisotopic (exact) mass is 233 g/mol. The standard InChI is InChI=1S/C11H11F4N/c12-9-4-3-7(11(13,14)15)6-8(9)10-2-1-5-16-10/h3-4,6,10,16H,1-2,5H2/t10-/m0/s1. The van der Waals surface area contributed by atoms with Gasteiger partial charge in [-0.05, 0) is 37.6 Å². The summed E-state index contributed by atoms with van der Waals surface area (Å²) >= 11 is 0. The van der Waals surface area contributed by atoms with Gasteiger partial charge in [0.1, 0.15) is 5.82 Å². The van der Waals surface area contributed by atoms with E-state index in [1.165, 1.54) is 0 Å². The molecular formula is C11H11F4N. The molecule has 1 aromatic carbocycles. The highest BCUT2D eigenvalue weighted by Crippen LogP contribution is 2.33. The van der Waals surface area contributed by atoms with Crippen LogP contribution < -0.4 is 5.32 Å². The van der Waals surface area contributed by atoms with Crippen molar-refractivity contribution in [2.24, 2.45) is 0 Å². The van der Waals surface area contributed by atoms with Crippen molar-refractivity contribution in [3.05, 3.63) is 35.1 Å². The highest BCUT2D eigenvalue weighted by atomic mass is 19.4. The highest BCUT2D eigenvalue weighted by Gasteiger charge is 2.32. The number of halogens is 4. The van der Waals surface area contributed by atoms with Crippen molar-refractivity contribution in [1.82, 2.24) is 5.32 Å². The quantitative estimate of drug-likeness (QED) is 0.734. The Morgan fingerprint density at radius 3 is 2.56 bits per heavy atom. The molecule has 1 N–H and O–H groups in total. The van der Waals surface area contributed by atoms with Crippen LogP contribution in [0.15, 0.2) is 18.2 Å². The minimum absolute atomic E-state index is 0.118. The summed E-state index contributed by atoms with van der Waals surface area (Å²) in [5, 5.41) is 2.99. The second kappa shape index (κ2) is 4.05. The number of alkyl halides is 3. The molecular weight excluding hydrogens is 222 g/mol. The van der Waals surface area contributed by atoms with Gasteiger partial charge in [0, 0.05) is 11.6 Å². The Kier molecular flexibility index (Phi) is 2.88. The lowest BCUT2D eigenvalue weighted by Crippen LogP contribution is -2.16. The Labute approximate surface area is 90.5 Å². The van der Waals surface area contributed by atoms with Crippen molar-refractivity contribution in [3.63, 3.8) is 0 Å². The lowest BCUT2D eigenvalue weighted by molar-refractivity contribution is -0.137. The zero-order valence-electron chi connectivity index (χ0n) is 8.44. The van der Waals surface area contributed by atoms with E-state index in [-0.39, 0.29) is 11.6 Å². The Morgan fingerprint density at radius 2 is 2.00 bits per heavy atom. The van der Waals surface area contributed by atoms with Gasteiger partial charge in [0.05, 0.1) is 5.56 Å². The van der Waals surface area contributed by atoms with E-state index in [1.54, 1.807) is 0 Å². The van der Waals surface area contributed by atoms with Gasteiger partial charge in [-0.3, -0.25) is 0 Å². The van der Waals surface area contributed by atoms with Crippen molar-refractivity contribution < 1.29 is 17.6 Å². The Balaban J connectivity index is 2.36. The van der Waals surface area contributed by atoms with Gasteiger partial charge >= 0.3 is 6.18 Å². The average Bonchev–Trinajstić information content (AvgIpc) is 2.69. The van der Waals surface area contributed by atoms with Crippen molar-refractivity contribution in [2.45, 2.75) is 25.1 Å². The number of benzene rings is 1. The third kappa shape index (κ3) is 2.19. The summed E-state index contributed by atoms with van der Waals surface area (Å²) in [5.41, 5.74) is -0.676. The molecule has 0 radical (unpaired) electrons. The highest BCUT2D eigenvalue weighted by molar-refractivity contribution is 5.30. The van der Waals surface area contributed by atoms with Gasteiger partial charge in [0.15, 0.2) is 0 Å². The summed E-state index contributed by atoms with van der Waals surface area (Å²) in [6, 6.07) is 2.27. The maximum atomic E-state index is 13.4. The fourth-order valence-corrected chi connectivity index (χ4v) is 1.94. The Hall–Kier alpha value is -1.10. The number of rotatable bonds is 1. The van der Waals surface area contributed by atoms with Gasteiger partial charge in [0.25, 0.3) is 0 Å². The number of hydrogen-bond donors (Lipinski definition) is 1. The lowest BCUT2D eigenvalue weighted by atomic mass is 10.0. The Bertz CT molecular complexity index is 380. The van der Waals surface area contributed by atoms with E-state index in [0.29, 0.717) is 6.42 Å². The molecule has 0 amide bonds. The molecule has 1 heterocycles. The molecule has 0 spiro atoms. The topological polar surface area (TPSA) is 12.0 Å². The van der Waals surface area contributed by atoms with Crippen LogP contribution in [0, 0.1) is 5.82 Å². The largest absolute Gasteiger partial charge is 0.416 e. The molecule has 0 unspecified atom stereocenters. The Morgan fingerprint density at radius 1 is 1.25 bits per heavy atom. The fourth-order valence-electron chi connectivity index (χ4n) is 1.94. The molecule has 16 heavy (non-hydrogen) atoms. The van der Waals surface area contributed by atoms with Gasteiger partial charge < -0.3 is 5.32 Å². The molecule has 2 rings (SSSR count). The zero-order chi connectivity index (χ0) is 11.8.